The molecule has 1 aliphatic heterocycles. The Hall–Kier alpha value is -1.94. The Morgan fingerprint density at radius 2 is 1.95 bits per heavy atom. The van der Waals surface area contributed by atoms with Gasteiger partial charge in [-0.2, -0.15) is 0 Å². The summed E-state index contributed by atoms with van der Waals surface area (Å²) in [7, 11) is 0. The number of benzene rings is 2. The van der Waals surface area contributed by atoms with Gasteiger partial charge in [-0.1, -0.05) is 18.2 Å². The van der Waals surface area contributed by atoms with E-state index >= 15 is 0 Å². The number of amides is 1. The lowest BCUT2D eigenvalue weighted by molar-refractivity contribution is -0.119. The van der Waals surface area contributed by atoms with Crippen LogP contribution in [0.2, 0.25) is 0 Å². The van der Waals surface area contributed by atoms with E-state index < -0.39 is 0 Å². The van der Waals surface area contributed by atoms with Crippen molar-refractivity contribution in [1.29, 1.82) is 0 Å². The highest BCUT2D eigenvalue weighted by Gasteiger charge is 2.24. The number of carbonyl (C=O) groups is 1. The summed E-state index contributed by atoms with van der Waals surface area (Å²) in [6.07, 6.45) is 2.83. The molecular formula is C17H18N2OS. The fourth-order valence-electron chi connectivity index (χ4n) is 2.55. The van der Waals surface area contributed by atoms with Crippen LogP contribution >= 0.6 is 11.8 Å². The molecular weight excluding hydrogens is 280 g/mol. The predicted molar refractivity (Wildman–Crippen MR) is 89.0 cm³/mol. The lowest BCUT2D eigenvalue weighted by Gasteiger charge is -2.25. The molecule has 3 nitrogen and oxygen atoms in total. The quantitative estimate of drug-likeness (QED) is 0.850. The minimum Gasteiger partial charge on any atom is -0.384 e. The number of para-hydroxylation sites is 1. The molecule has 2 N–H and O–H groups in total. The second-order valence-corrected chi connectivity index (χ2v) is 6.04. The van der Waals surface area contributed by atoms with Crippen LogP contribution in [0.1, 0.15) is 5.56 Å². The van der Waals surface area contributed by atoms with Gasteiger partial charge in [0.1, 0.15) is 0 Å². The van der Waals surface area contributed by atoms with E-state index in [1.54, 1.807) is 11.8 Å². The van der Waals surface area contributed by atoms with Crippen LogP contribution in [0.5, 0.6) is 0 Å². The molecule has 0 spiro atoms. The number of hydrogen-bond acceptors (Lipinski definition) is 3. The second kappa shape index (κ2) is 6.22. The van der Waals surface area contributed by atoms with E-state index in [0.717, 1.165) is 17.8 Å². The van der Waals surface area contributed by atoms with Gasteiger partial charge in [0.05, 0.1) is 5.92 Å². The van der Waals surface area contributed by atoms with Crippen LogP contribution in [-0.4, -0.2) is 18.7 Å². The molecule has 1 aliphatic rings. The molecule has 2 aromatic carbocycles. The standard InChI is InChI=1S/C17H18N2OS/c1-21-15-8-6-14(7-9-15)19-17(20)13-10-12-4-2-3-5-16(12)18-11-13/h2-9,13,18H,10-11H2,1H3,(H,19,20). The third-order valence-corrected chi connectivity index (χ3v) is 4.49. The molecule has 0 bridgehead atoms. The number of fused-ring (bicyclic) bond motifs is 1. The first-order chi connectivity index (χ1) is 10.3. The van der Waals surface area contributed by atoms with Gasteiger partial charge in [0.15, 0.2) is 0 Å². The molecule has 0 radical (unpaired) electrons. The highest BCUT2D eigenvalue weighted by Crippen LogP contribution is 2.25. The van der Waals surface area contributed by atoms with Gasteiger partial charge in [0, 0.05) is 22.8 Å². The van der Waals surface area contributed by atoms with Crippen LogP contribution in [0, 0.1) is 5.92 Å². The maximum atomic E-state index is 12.4. The SMILES string of the molecule is CSc1ccc(NC(=O)C2CNc3ccccc3C2)cc1. The van der Waals surface area contributed by atoms with Gasteiger partial charge >= 0.3 is 0 Å². The van der Waals surface area contributed by atoms with Gasteiger partial charge in [0.2, 0.25) is 5.91 Å². The molecule has 2 aromatic rings. The Bertz CT molecular complexity index is 639. The molecule has 1 heterocycles. The summed E-state index contributed by atoms with van der Waals surface area (Å²) in [5.41, 5.74) is 3.21. The van der Waals surface area contributed by atoms with E-state index in [1.807, 2.05) is 42.7 Å². The van der Waals surface area contributed by atoms with E-state index in [1.165, 1.54) is 10.5 Å². The smallest absolute Gasteiger partial charge is 0.229 e. The van der Waals surface area contributed by atoms with Crippen molar-refractivity contribution in [2.45, 2.75) is 11.3 Å². The Kier molecular flexibility index (Phi) is 4.15. The summed E-state index contributed by atoms with van der Waals surface area (Å²) in [5, 5.41) is 6.34. The average Bonchev–Trinajstić information content (AvgIpc) is 2.55. The van der Waals surface area contributed by atoms with Crippen LogP contribution in [0.4, 0.5) is 11.4 Å². The fourth-order valence-corrected chi connectivity index (χ4v) is 2.95. The molecule has 0 saturated heterocycles. The topological polar surface area (TPSA) is 41.1 Å². The lowest BCUT2D eigenvalue weighted by Crippen LogP contribution is -2.33. The summed E-state index contributed by atoms with van der Waals surface area (Å²) in [6.45, 7) is 0.686. The molecule has 21 heavy (non-hydrogen) atoms. The lowest BCUT2D eigenvalue weighted by atomic mass is 9.93. The number of anilines is 2. The first kappa shape index (κ1) is 14.0. The van der Waals surface area contributed by atoms with Crippen LogP contribution in [0.25, 0.3) is 0 Å². The van der Waals surface area contributed by atoms with Crippen molar-refractivity contribution in [1.82, 2.24) is 0 Å². The van der Waals surface area contributed by atoms with Crippen molar-refractivity contribution < 1.29 is 4.79 Å². The highest BCUT2D eigenvalue weighted by molar-refractivity contribution is 7.98. The normalized spacial score (nSPS) is 16.7. The van der Waals surface area contributed by atoms with Crippen molar-refractivity contribution in [2.24, 2.45) is 5.92 Å². The second-order valence-electron chi connectivity index (χ2n) is 5.16. The summed E-state index contributed by atoms with van der Waals surface area (Å²) in [4.78, 5) is 13.6. The molecule has 0 aliphatic carbocycles. The molecule has 0 saturated carbocycles. The van der Waals surface area contributed by atoms with Gasteiger partial charge in [-0.05, 0) is 48.6 Å². The van der Waals surface area contributed by atoms with Crippen LogP contribution in [0.15, 0.2) is 53.4 Å². The van der Waals surface area contributed by atoms with Crippen molar-refractivity contribution in [3.8, 4) is 0 Å². The summed E-state index contributed by atoms with van der Waals surface area (Å²) in [5.74, 6) is 0.0500. The van der Waals surface area contributed by atoms with E-state index in [0.29, 0.717) is 6.54 Å². The first-order valence-corrected chi connectivity index (χ1v) is 8.25. The van der Waals surface area contributed by atoms with Gasteiger partial charge in [-0.15, -0.1) is 11.8 Å². The molecule has 1 amide bonds. The minimum atomic E-state index is -0.0277. The highest BCUT2D eigenvalue weighted by atomic mass is 32.2. The monoisotopic (exact) mass is 298 g/mol. The predicted octanol–water partition coefficient (Wildman–Crippen LogP) is 3.63. The van der Waals surface area contributed by atoms with Gasteiger partial charge in [-0.25, -0.2) is 0 Å². The Morgan fingerprint density at radius 1 is 1.19 bits per heavy atom. The molecule has 4 heteroatoms. The van der Waals surface area contributed by atoms with Crippen LogP contribution < -0.4 is 10.6 Å². The summed E-state index contributed by atoms with van der Waals surface area (Å²) in [6, 6.07) is 16.1. The fraction of sp³-hybridized carbons (Fsp3) is 0.235. The van der Waals surface area contributed by atoms with Crippen molar-refractivity contribution in [3.05, 3.63) is 54.1 Å². The third-order valence-electron chi connectivity index (χ3n) is 3.75. The molecule has 3 rings (SSSR count). The number of rotatable bonds is 3. The Morgan fingerprint density at radius 3 is 2.71 bits per heavy atom. The molecule has 0 aromatic heterocycles. The summed E-state index contributed by atoms with van der Waals surface area (Å²) < 4.78 is 0. The Labute approximate surface area is 129 Å². The number of thioether (sulfide) groups is 1. The molecule has 1 unspecified atom stereocenters. The number of carbonyl (C=O) groups excluding carboxylic acids is 1. The van der Waals surface area contributed by atoms with E-state index in [-0.39, 0.29) is 11.8 Å². The van der Waals surface area contributed by atoms with Gasteiger partial charge in [-0.3, -0.25) is 4.79 Å². The zero-order valence-electron chi connectivity index (χ0n) is 11.9. The zero-order valence-corrected chi connectivity index (χ0v) is 12.7. The van der Waals surface area contributed by atoms with Gasteiger partial charge in [0.25, 0.3) is 0 Å². The van der Waals surface area contributed by atoms with Crippen molar-refractivity contribution in [3.63, 3.8) is 0 Å². The maximum Gasteiger partial charge on any atom is 0.229 e. The Balaban J connectivity index is 1.66. The largest absolute Gasteiger partial charge is 0.384 e. The third kappa shape index (κ3) is 3.22. The van der Waals surface area contributed by atoms with E-state index in [2.05, 4.69) is 22.8 Å². The van der Waals surface area contributed by atoms with E-state index in [9.17, 15) is 4.79 Å². The average molecular weight is 298 g/mol. The first-order valence-electron chi connectivity index (χ1n) is 7.03. The van der Waals surface area contributed by atoms with Gasteiger partial charge < -0.3 is 10.6 Å². The zero-order chi connectivity index (χ0) is 14.7. The van der Waals surface area contributed by atoms with Crippen LogP contribution in [-0.2, 0) is 11.2 Å². The minimum absolute atomic E-state index is 0.0277. The molecule has 0 fully saturated rings. The maximum absolute atomic E-state index is 12.4. The number of hydrogen-bond donors (Lipinski definition) is 2. The molecule has 1 atom stereocenters. The summed E-state index contributed by atoms with van der Waals surface area (Å²) >= 11 is 1.69. The van der Waals surface area contributed by atoms with E-state index in [4.69, 9.17) is 0 Å². The van der Waals surface area contributed by atoms with Crippen molar-refractivity contribution in [2.75, 3.05) is 23.4 Å². The number of nitrogens with one attached hydrogen (secondary N) is 2. The molecule has 108 valence electrons. The van der Waals surface area contributed by atoms with Crippen LogP contribution in [0.3, 0.4) is 0 Å². The van der Waals surface area contributed by atoms with Crippen molar-refractivity contribution >= 4 is 29.0 Å².